The van der Waals surface area contributed by atoms with E-state index in [2.05, 4.69) is 5.16 Å². The molecule has 2 fully saturated rings. The number of hydrogen-bond acceptors (Lipinski definition) is 5. The van der Waals surface area contributed by atoms with Crippen LogP contribution in [0.2, 0.25) is 0 Å². The number of carbonyl (C=O) groups is 1. The molecule has 1 amide bonds. The van der Waals surface area contributed by atoms with E-state index in [1.807, 2.05) is 35.2 Å². The van der Waals surface area contributed by atoms with Crippen molar-refractivity contribution in [1.82, 2.24) is 10.1 Å². The molecule has 0 radical (unpaired) electrons. The number of likely N-dealkylation sites (tertiary alicyclic amines) is 1. The fraction of sp³-hybridized carbons (Fsp3) is 0.444. The standard InChI is InChI=1S/C18H20N2O4/c21-17(16-12-15(19-24-16)13-4-2-1-3-5-13)20-8-6-14(7-9-20)18-22-10-11-23-18/h1-5,12,14,18H,6-11H2. The third-order valence-electron chi connectivity index (χ3n) is 4.65. The third kappa shape index (κ3) is 3.07. The molecule has 2 saturated heterocycles. The zero-order valence-corrected chi connectivity index (χ0v) is 13.4. The summed E-state index contributed by atoms with van der Waals surface area (Å²) in [6, 6.07) is 11.4. The van der Waals surface area contributed by atoms with Gasteiger partial charge < -0.3 is 18.9 Å². The molecule has 0 N–H and O–H groups in total. The monoisotopic (exact) mass is 328 g/mol. The van der Waals surface area contributed by atoms with E-state index in [4.69, 9.17) is 14.0 Å². The van der Waals surface area contributed by atoms with Gasteiger partial charge in [0.15, 0.2) is 6.29 Å². The molecular weight excluding hydrogens is 308 g/mol. The van der Waals surface area contributed by atoms with Crippen molar-refractivity contribution in [2.24, 2.45) is 5.92 Å². The average Bonchev–Trinajstić information content (AvgIpc) is 3.34. The maximum Gasteiger partial charge on any atom is 0.292 e. The summed E-state index contributed by atoms with van der Waals surface area (Å²) in [6.45, 7) is 2.72. The lowest BCUT2D eigenvalue weighted by Gasteiger charge is -2.33. The molecule has 0 atom stereocenters. The summed E-state index contributed by atoms with van der Waals surface area (Å²) in [5.74, 6) is 0.559. The fourth-order valence-electron chi connectivity index (χ4n) is 3.30. The van der Waals surface area contributed by atoms with Crippen molar-refractivity contribution in [2.75, 3.05) is 26.3 Å². The average molecular weight is 328 g/mol. The van der Waals surface area contributed by atoms with Gasteiger partial charge in [-0.15, -0.1) is 0 Å². The van der Waals surface area contributed by atoms with Gasteiger partial charge in [0.05, 0.1) is 13.2 Å². The molecular formula is C18H20N2O4. The zero-order valence-electron chi connectivity index (χ0n) is 13.4. The summed E-state index contributed by atoms with van der Waals surface area (Å²) in [5, 5.41) is 4.02. The van der Waals surface area contributed by atoms with Gasteiger partial charge in [-0.3, -0.25) is 4.79 Å². The molecule has 0 bridgehead atoms. The number of hydrogen-bond donors (Lipinski definition) is 0. The van der Waals surface area contributed by atoms with Gasteiger partial charge in [-0.1, -0.05) is 35.5 Å². The van der Waals surface area contributed by atoms with Gasteiger partial charge in [-0.25, -0.2) is 0 Å². The lowest BCUT2D eigenvalue weighted by atomic mass is 9.96. The van der Waals surface area contributed by atoms with Crippen LogP contribution in [-0.2, 0) is 9.47 Å². The van der Waals surface area contributed by atoms with Crippen molar-refractivity contribution in [1.29, 1.82) is 0 Å². The molecule has 1 aromatic carbocycles. The van der Waals surface area contributed by atoms with Crippen molar-refractivity contribution >= 4 is 5.91 Å². The van der Waals surface area contributed by atoms with Crippen LogP contribution in [0.15, 0.2) is 40.9 Å². The Labute approximate surface area is 140 Å². The normalized spacial score (nSPS) is 19.8. The second-order valence-electron chi connectivity index (χ2n) is 6.18. The molecule has 4 rings (SSSR count). The maximum absolute atomic E-state index is 12.6. The van der Waals surface area contributed by atoms with Crippen molar-refractivity contribution < 1.29 is 18.8 Å². The van der Waals surface area contributed by atoms with Gasteiger partial charge >= 0.3 is 0 Å². The number of nitrogens with zero attached hydrogens (tertiary/aromatic N) is 2. The lowest BCUT2D eigenvalue weighted by Crippen LogP contribution is -2.41. The summed E-state index contributed by atoms with van der Waals surface area (Å²) in [5.41, 5.74) is 1.62. The van der Waals surface area contributed by atoms with Gasteiger partial charge in [0.2, 0.25) is 5.76 Å². The summed E-state index contributed by atoms with van der Waals surface area (Å²) < 4.78 is 16.4. The van der Waals surface area contributed by atoms with Gasteiger partial charge in [0, 0.05) is 30.6 Å². The number of amides is 1. The maximum atomic E-state index is 12.6. The Morgan fingerprint density at radius 3 is 2.50 bits per heavy atom. The minimum absolute atomic E-state index is 0.0998. The Morgan fingerprint density at radius 1 is 1.08 bits per heavy atom. The number of carbonyl (C=O) groups excluding carboxylic acids is 1. The second kappa shape index (κ2) is 6.75. The summed E-state index contributed by atoms with van der Waals surface area (Å²) in [7, 11) is 0. The molecule has 0 saturated carbocycles. The molecule has 6 heteroatoms. The van der Waals surface area contributed by atoms with Crippen LogP contribution in [0.3, 0.4) is 0 Å². The van der Waals surface area contributed by atoms with Crippen LogP contribution in [0.1, 0.15) is 23.4 Å². The van der Waals surface area contributed by atoms with Crippen molar-refractivity contribution in [3.8, 4) is 11.3 Å². The van der Waals surface area contributed by atoms with Crippen LogP contribution in [0.4, 0.5) is 0 Å². The minimum Gasteiger partial charge on any atom is -0.350 e. The molecule has 2 aromatic rings. The zero-order chi connectivity index (χ0) is 16.4. The number of benzene rings is 1. The highest BCUT2D eigenvalue weighted by molar-refractivity contribution is 5.92. The van der Waals surface area contributed by atoms with Crippen LogP contribution in [0.25, 0.3) is 11.3 Å². The first kappa shape index (κ1) is 15.4. The topological polar surface area (TPSA) is 64.8 Å². The summed E-state index contributed by atoms with van der Waals surface area (Å²) >= 11 is 0. The molecule has 0 unspecified atom stereocenters. The number of aromatic nitrogens is 1. The lowest BCUT2D eigenvalue weighted by molar-refractivity contribution is -0.0957. The molecule has 0 spiro atoms. The van der Waals surface area contributed by atoms with Crippen molar-refractivity contribution in [3.63, 3.8) is 0 Å². The van der Waals surface area contributed by atoms with E-state index in [0.717, 1.165) is 18.4 Å². The predicted molar refractivity (Wildman–Crippen MR) is 86.3 cm³/mol. The second-order valence-corrected chi connectivity index (χ2v) is 6.18. The van der Waals surface area contributed by atoms with E-state index in [1.54, 1.807) is 6.07 Å². The van der Waals surface area contributed by atoms with E-state index < -0.39 is 0 Å². The quantitative estimate of drug-likeness (QED) is 0.866. The molecule has 126 valence electrons. The van der Waals surface area contributed by atoms with E-state index in [-0.39, 0.29) is 12.2 Å². The highest BCUT2D eigenvalue weighted by Crippen LogP contribution is 2.27. The molecule has 0 aliphatic carbocycles. The Kier molecular flexibility index (Phi) is 4.32. The Balaban J connectivity index is 1.39. The van der Waals surface area contributed by atoms with E-state index in [1.165, 1.54) is 0 Å². The highest BCUT2D eigenvalue weighted by Gasteiger charge is 2.32. The van der Waals surface area contributed by atoms with Gasteiger partial charge in [-0.05, 0) is 12.8 Å². The fourth-order valence-corrected chi connectivity index (χ4v) is 3.30. The largest absolute Gasteiger partial charge is 0.350 e. The summed E-state index contributed by atoms with van der Waals surface area (Å²) in [4.78, 5) is 14.4. The predicted octanol–water partition coefficient (Wildman–Crippen LogP) is 2.57. The number of rotatable bonds is 3. The summed E-state index contributed by atoms with van der Waals surface area (Å²) in [6.07, 6.45) is 1.67. The molecule has 1 aromatic heterocycles. The Hall–Kier alpha value is -2.18. The molecule has 2 aliphatic rings. The molecule has 6 nitrogen and oxygen atoms in total. The first-order chi connectivity index (χ1) is 11.8. The molecule has 3 heterocycles. The van der Waals surface area contributed by atoms with Gasteiger partial charge in [0.25, 0.3) is 5.91 Å². The van der Waals surface area contributed by atoms with Crippen LogP contribution in [0, 0.1) is 5.92 Å². The highest BCUT2D eigenvalue weighted by atomic mass is 16.7. The van der Waals surface area contributed by atoms with Crippen LogP contribution in [0.5, 0.6) is 0 Å². The molecule has 24 heavy (non-hydrogen) atoms. The van der Waals surface area contributed by atoms with Crippen molar-refractivity contribution in [2.45, 2.75) is 19.1 Å². The van der Waals surface area contributed by atoms with E-state index in [9.17, 15) is 4.79 Å². The SMILES string of the molecule is O=C(c1cc(-c2ccccc2)no1)N1CCC(C2OCCO2)CC1. The minimum atomic E-state index is -0.101. The number of piperidine rings is 1. The van der Waals surface area contributed by atoms with Crippen LogP contribution >= 0.6 is 0 Å². The van der Waals surface area contributed by atoms with Crippen LogP contribution in [-0.4, -0.2) is 48.6 Å². The Morgan fingerprint density at radius 2 is 1.79 bits per heavy atom. The Bertz CT molecular complexity index is 686. The smallest absolute Gasteiger partial charge is 0.292 e. The van der Waals surface area contributed by atoms with Crippen molar-refractivity contribution in [3.05, 3.63) is 42.2 Å². The van der Waals surface area contributed by atoms with Gasteiger partial charge in [0.1, 0.15) is 5.69 Å². The first-order valence-corrected chi connectivity index (χ1v) is 8.36. The van der Waals surface area contributed by atoms with Gasteiger partial charge in [-0.2, -0.15) is 0 Å². The number of ether oxygens (including phenoxy) is 2. The van der Waals surface area contributed by atoms with Crippen LogP contribution < -0.4 is 0 Å². The van der Waals surface area contributed by atoms with E-state index >= 15 is 0 Å². The first-order valence-electron chi connectivity index (χ1n) is 8.36. The van der Waals surface area contributed by atoms with E-state index in [0.29, 0.717) is 43.7 Å². The third-order valence-corrected chi connectivity index (χ3v) is 4.65. The molecule has 2 aliphatic heterocycles.